The number of H-pyrrole nitrogens is 1. The van der Waals surface area contributed by atoms with Crippen LogP contribution >= 0.6 is 0 Å². The van der Waals surface area contributed by atoms with Crippen LogP contribution in [-0.4, -0.2) is 57.8 Å². The van der Waals surface area contributed by atoms with Crippen molar-refractivity contribution in [1.29, 1.82) is 0 Å². The number of hydrogen-bond donors (Lipinski definition) is 1. The number of nitrogens with one attached hydrogen (secondary N) is 1. The highest BCUT2D eigenvalue weighted by molar-refractivity contribution is 5.79. The SMILES string of the molecule is CC(=O)N1CCN(C(=O)C2CCc3nc(-c4ccc(F)cc4)[nH]c(=O)c3CC2)CC1. The molecule has 1 unspecified atom stereocenters. The topological polar surface area (TPSA) is 86.4 Å². The van der Waals surface area contributed by atoms with E-state index in [4.69, 9.17) is 0 Å². The van der Waals surface area contributed by atoms with Crippen molar-refractivity contribution in [2.24, 2.45) is 5.92 Å². The van der Waals surface area contributed by atoms with Crippen LogP contribution in [0.3, 0.4) is 0 Å². The Hall–Kier alpha value is -3.03. The lowest BCUT2D eigenvalue weighted by Gasteiger charge is -2.36. The van der Waals surface area contributed by atoms with Gasteiger partial charge in [-0.2, -0.15) is 0 Å². The molecule has 1 fully saturated rings. The zero-order chi connectivity index (χ0) is 21.3. The highest BCUT2D eigenvalue weighted by Gasteiger charge is 2.30. The van der Waals surface area contributed by atoms with Crippen LogP contribution in [-0.2, 0) is 22.4 Å². The van der Waals surface area contributed by atoms with Gasteiger partial charge in [-0.1, -0.05) is 0 Å². The van der Waals surface area contributed by atoms with E-state index in [0.29, 0.717) is 68.8 Å². The van der Waals surface area contributed by atoms with Crippen LogP contribution in [0.1, 0.15) is 31.0 Å². The number of carbonyl (C=O) groups excluding carboxylic acids is 2. The third-order valence-electron chi connectivity index (χ3n) is 6.08. The Morgan fingerprint density at radius 2 is 1.67 bits per heavy atom. The summed E-state index contributed by atoms with van der Waals surface area (Å²) in [6.45, 7) is 3.78. The maximum absolute atomic E-state index is 13.2. The average molecular weight is 412 g/mol. The quantitative estimate of drug-likeness (QED) is 0.762. The summed E-state index contributed by atoms with van der Waals surface area (Å²) in [7, 11) is 0. The van der Waals surface area contributed by atoms with E-state index in [1.807, 2.05) is 4.90 Å². The number of aromatic amines is 1. The number of amides is 2. The summed E-state index contributed by atoms with van der Waals surface area (Å²) >= 11 is 0. The summed E-state index contributed by atoms with van der Waals surface area (Å²) in [5.74, 6) is 0.0532. The number of hydrogen-bond acceptors (Lipinski definition) is 4. The fraction of sp³-hybridized carbons (Fsp3) is 0.455. The van der Waals surface area contributed by atoms with Crippen molar-refractivity contribution in [3.05, 3.63) is 51.7 Å². The van der Waals surface area contributed by atoms with E-state index in [-0.39, 0.29) is 29.1 Å². The molecule has 2 aliphatic rings. The van der Waals surface area contributed by atoms with Gasteiger partial charge in [0.2, 0.25) is 11.8 Å². The molecule has 2 heterocycles. The fourth-order valence-corrected chi connectivity index (χ4v) is 4.27. The van der Waals surface area contributed by atoms with Crippen LogP contribution in [0, 0.1) is 11.7 Å². The van der Waals surface area contributed by atoms with Crippen molar-refractivity contribution in [1.82, 2.24) is 19.8 Å². The first kappa shape index (κ1) is 20.3. The number of nitrogens with zero attached hydrogens (tertiary/aromatic N) is 3. The van der Waals surface area contributed by atoms with Crippen molar-refractivity contribution in [2.75, 3.05) is 26.2 Å². The number of halogens is 1. The van der Waals surface area contributed by atoms with Crippen LogP contribution in [0.4, 0.5) is 4.39 Å². The zero-order valence-corrected chi connectivity index (χ0v) is 17.0. The van der Waals surface area contributed by atoms with Gasteiger partial charge in [-0.05, 0) is 49.9 Å². The molecule has 1 aromatic heterocycles. The van der Waals surface area contributed by atoms with Crippen molar-refractivity contribution >= 4 is 11.8 Å². The molecule has 0 radical (unpaired) electrons. The Morgan fingerprint density at radius 1 is 1.03 bits per heavy atom. The first-order valence-corrected chi connectivity index (χ1v) is 10.3. The minimum Gasteiger partial charge on any atom is -0.339 e. The number of piperazine rings is 1. The van der Waals surface area contributed by atoms with Gasteiger partial charge in [-0.3, -0.25) is 14.4 Å². The van der Waals surface area contributed by atoms with Gasteiger partial charge in [0.05, 0.1) is 5.69 Å². The van der Waals surface area contributed by atoms with E-state index < -0.39 is 0 Å². The molecular weight excluding hydrogens is 387 g/mol. The van der Waals surface area contributed by atoms with Crippen molar-refractivity contribution in [3.63, 3.8) is 0 Å². The Labute approximate surface area is 173 Å². The van der Waals surface area contributed by atoms with E-state index in [2.05, 4.69) is 9.97 Å². The van der Waals surface area contributed by atoms with Crippen molar-refractivity contribution in [3.8, 4) is 11.4 Å². The highest BCUT2D eigenvalue weighted by Crippen LogP contribution is 2.25. The molecule has 1 aliphatic heterocycles. The minimum atomic E-state index is -0.346. The standard InChI is InChI=1S/C22H25FN4O3/c1-14(28)26-10-12-27(13-11-26)22(30)16-4-8-18-19(9-5-16)24-20(25-21(18)29)15-2-6-17(23)7-3-15/h2-3,6-7,16H,4-5,8-13H2,1H3,(H,24,25,29). The predicted octanol–water partition coefficient (Wildman–Crippen LogP) is 1.76. The van der Waals surface area contributed by atoms with E-state index >= 15 is 0 Å². The molecule has 1 aliphatic carbocycles. The number of fused-ring (bicyclic) bond motifs is 1. The molecule has 2 aromatic rings. The highest BCUT2D eigenvalue weighted by atomic mass is 19.1. The predicted molar refractivity (Wildman–Crippen MR) is 109 cm³/mol. The van der Waals surface area contributed by atoms with Crippen LogP contribution in [0.25, 0.3) is 11.4 Å². The van der Waals surface area contributed by atoms with E-state index in [1.165, 1.54) is 12.1 Å². The van der Waals surface area contributed by atoms with Gasteiger partial charge in [0.25, 0.3) is 5.56 Å². The summed E-state index contributed by atoms with van der Waals surface area (Å²) in [6, 6.07) is 5.84. The second-order valence-electron chi connectivity index (χ2n) is 7.95. The average Bonchev–Trinajstić information content (AvgIpc) is 2.97. The fourth-order valence-electron chi connectivity index (χ4n) is 4.27. The first-order valence-electron chi connectivity index (χ1n) is 10.3. The van der Waals surface area contributed by atoms with Gasteiger partial charge < -0.3 is 14.8 Å². The Balaban J connectivity index is 1.47. The largest absolute Gasteiger partial charge is 0.339 e. The maximum atomic E-state index is 13.2. The number of aryl methyl sites for hydroxylation is 1. The van der Waals surface area contributed by atoms with Crippen LogP contribution < -0.4 is 5.56 Å². The lowest BCUT2D eigenvalue weighted by molar-refractivity contribution is -0.141. The summed E-state index contributed by atoms with van der Waals surface area (Å²) < 4.78 is 13.2. The Bertz CT molecular complexity index is 1010. The molecule has 1 atom stereocenters. The summed E-state index contributed by atoms with van der Waals surface area (Å²) in [5.41, 5.74) is 1.81. The van der Waals surface area contributed by atoms with Crippen LogP contribution in [0.2, 0.25) is 0 Å². The number of rotatable bonds is 2. The summed E-state index contributed by atoms with van der Waals surface area (Å²) in [6.07, 6.45) is 2.31. The normalized spacial score (nSPS) is 19.2. The van der Waals surface area contributed by atoms with E-state index in [1.54, 1.807) is 24.0 Å². The molecule has 0 spiro atoms. The molecule has 30 heavy (non-hydrogen) atoms. The number of carbonyl (C=O) groups is 2. The number of aromatic nitrogens is 2. The first-order chi connectivity index (χ1) is 14.4. The summed E-state index contributed by atoms with van der Waals surface area (Å²) in [4.78, 5) is 48.2. The molecule has 158 valence electrons. The lowest BCUT2D eigenvalue weighted by atomic mass is 9.97. The van der Waals surface area contributed by atoms with Crippen molar-refractivity contribution < 1.29 is 14.0 Å². The Kier molecular flexibility index (Phi) is 5.65. The second-order valence-corrected chi connectivity index (χ2v) is 7.95. The van der Waals surface area contributed by atoms with Gasteiger partial charge in [-0.25, -0.2) is 9.37 Å². The van der Waals surface area contributed by atoms with E-state index in [0.717, 1.165) is 5.69 Å². The van der Waals surface area contributed by atoms with Gasteiger partial charge in [0, 0.05) is 50.1 Å². The number of benzene rings is 1. The third-order valence-corrected chi connectivity index (χ3v) is 6.08. The minimum absolute atomic E-state index is 0.0364. The maximum Gasteiger partial charge on any atom is 0.254 e. The third kappa shape index (κ3) is 4.13. The molecule has 1 N–H and O–H groups in total. The zero-order valence-electron chi connectivity index (χ0n) is 17.0. The van der Waals surface area contributed by atoms with Gasteiger partial charge in [0.1, 0.15) is 11.6 Å². The molecule has 1 aromatic carbocycles. The van der Waals surface area contributed by atoms with Gasteiger partial charge >= 0.3 is 0 Å². The van der Waals surface area contributed by atoms with Crippen LogP contribution in [0.5, 0.6) is 0 Å². The molecular formula is C22H25FN4O3. The Morgan fingerprint density at radius 3 is 2.33 bits per heavy atom. The van der Waals surface area contributed by atoms with Gasteiger partial charge in [0.15, 0.2) is 0 Å². The van der Waals surface area contributed by atoms with Crippen molar-refractivity contribution in [2.45, 2.75) is 32.6 Å². The molecule has 0 bridgehead atoms. The van der Waals surface area contributed by atoms with Gasteiger partial charge in [-0.15, -0.1) is 0 Å². The van der Waals surface area contributed by atoms with Crippen LogP contribution in [0.15, 0.2) is 29.1 Å². The smallest absolute Gasteiger partial charge is 0.254 e. The van der Waals surface area contributed by atoms with E-state index in [9.17, 15) is 18.8 Å². The monoisotopic (exact) mass is 412 g/mol. The molecule has 8 heteroatoms. The molecule has 1 saturated heterocycles. The molecule has 2 amide bonds. The molecule has 7 nitrogen and oxygen atoms in total. The summed E-state index contributed by atoms with van der Waals surface area (Å²) in [5, 5.41) is 0. The molecule has 4 rings (SSSR count). The second kappa shape index (κ2) is 8.38. The molecule has 0 saturated carbocycles. The lowest BCUT2D eigenvalue weighted by Crippen LogP contribution is -2.51.